The highest BCUT2D eigenvalue weighted by Crippen LogP contribution is 2.27. The lowest BCUT2D eigenvalue weighted by Crippen LogP contribution is -2.09. The van der Waals surface area contributed by atoms with Crippen LogP contribution < -0.4 is 0 Å². The van der Waals surface area contributed by atoms with E-state index in [2.05, 4.69) is 39.9 Å². The van der Waals surface area contributed by atoms with Gasteiger partial charge in [0.1, 0.15) is 0 Å². The SMILES string of the molecule is CCc1nn(CC)c(CC(O)c2cncc(C)c2)c1Br. The van der Waals surface area contributed by atoms with Crippen LogP contribution in [-0.2, 0) is 19.4 Å². The summed E-state index contributed by atoms with van der Waals surface area (Å²) >= 11 is 3.61. The Hall–Kier alpha value is -1.20. The molecule has 0 aliphatic carbocycles. The van der Waals surface area contributed by atoms with Crippen molar-refractivity contribution in [1.82, 2.24) is 14.8 Å². The van der Waals surface area contributed by atoms with Crippen LogP contribution in [0.5, 0.6) is 0 Å². The van der Waals surface area contributed by atoms with Crippen molar-refractivity contribution in [1.29, 1.82) is 0 Å². The van der Waals surface area contributed by atoms with Crippen LogP contribution in [0.1, 0.15) is 42.5 Å². The lowest BCUT2D eigenvalue weighted by molar-refractivity contribution is 0.174. The van der Waals surface area contributed by atoms with Crippen molar-refractivity contribution in [3.63, 3.8) is 0 Å². The smallest absolute Gasteiger partial charge is 0.0860 e. The van der Waals surface area contributed by atoms with Gasteiger partial charge in [-0.1, -0.05) is 13.0 Å². The van der Waals surface area contributed by atoms with Gasteiger partial charge in [0.05, 0.1) is 22.0 Å². The van der Waals surface area contributed by atoms with Gasteiger partial charge in [-0.25, -0.2) is 0 Å². The minimum Gasteiger partial charge on any atom is -0.388 e. The third kappa shape index (κ3) is 3.10. The zero-order valence-corrected chi connectivity index (χ0v) is 13.7. The van der Waals surface area contributed by atoms with Crippen molar-refractivity contribution in [3.8, 4) is 0 Å². The van der Waals surface area contributed by atoms with Crippen molar-refractivity contribution >= 4 is 15.9 Å². The number of rotatable bonds is 5. The molecule has 2 heterocycles. The summed E-state index contributed by atoms with van der Waals surface area (Å²) in [6.07, 6.45) is 4.36. The molecule has 0 fully saturated rings. The molecule has 0 aliphatic heterocycles. The van der Waals surface area contributed by atoms with Gasteiger partial charge in [-0.15, -0.1) is 0 Å². The Bertz CT molecular complexity index is 595. The van der Waals surface area contributed by atoms with Crippen LogP contribution >= 0.6 is 15.9 Å². The van der Waals surface area contributed by atoms with E-state index in [4.69, 9.17) is 0 Å². The number of aromatic nitrogens is 3. The standard InChI is InChI=1S/C15H20BrN3O/c1-4-12-15(16)13(19(5-2)18-12)7-14(20)11-6-10(3)8-17-9-11/h6,8-9,14,20H,4-5,7H2,1-3H3. The molecule has 2 rings (SSSR count). The van der Waals surface area contributed by atoms with Gasteiger partial charge >= 0.3 is 0 Å². The molecular formula is C15H20BrN3O. The van der Waals surface area contributed by atoms with Gasteiger partial charge in [0.25, 0.3) is 0 Å². The second kappa shape index (κ2) is 6.50. The predicted octanol–water partition coefficient (Wildman–Crippen LogP) is 3.21. The number of nitrogens with zero attached hydrogens (tertiary/aromatic N) is 3. The van der Waals surface area contributed by atoms with Crippen LogP contribution in [0, 0.1) is 6.92 Å². The largest absolute Gasteiger partial charge is 0.388 e. The van der Waals surface area contributed by atoms with E-state index < -0.39 is 6.10 Å². The summed E-state index contributed by atoms with van der Waals surface area (Å²) in [4.78, 5) is 4.14. The highest BCUT2D eigenvalue weighted by atomic mass is 79.9. The Morgan fingerprint density at radius 2 is 2.10 bits per heavy atom. The summed E-state index contributed by atoms with van der Waals surface area (Å²) < 4.78 is 2.97. The van der Waals surface area contributed by atoms with Crippen molar-refractivity contribution in [2.24, 2.45) is 0 Å². The fraction of sp³-hybridized carbons (Fsp3) is 0.467. The molecule has 20 heavy (non-hydrogen) atoms. The number of aliphatic hydroxyl groups excluding tert-OH is 1. The molecule has 0 amide bonds. The second-order valence-electron chi connectivity index (χ2n) is 4.89. The molecule has 0 aromatic carbocycles. The zero-order chi connectivity index (χ0) is 14.7. The Balaban J connectivity index is 2.27. The molecule has 0 saturated carbocycles. The van der Waals surface area contributed by atoms with Gasteiger partial charge < -0.3 is 5.11 Å². The van der Waals surface area contributed by atoms with Gasteiger partial charge in [-0.3, -0.25) is 9.67 Å². The van der Waals surface area contributed by atoms with Crippen molar-refractivity contribution in [2.45, 2.75) is 46.3 Å². The Morgan fingerprint density at radius 3 is 2.70 bits per heavy atom. The molecule has 4 nitrogen and oxygen atoms in total. The van der Waals surface area contributed by atoms with E-state index >= 15 is 0 Å². The lowest BCUT2D eigenvalue weighted by atomic mass is 10.1. The van der Waals surface area contributed by atoms with Gasteiger partial charge in [0, 0.05) is 25.4 Å². The van der Waals surface area contributed by atoms with E-state index in [1.54, 1.807) is 12.4 Å². The highest BCUT2D eigenvalue weighted by molar-refractivity contribution is 9.10. The average Bonchev–Trinajstić information content (AvgIpc) is 2.75. The molecule has 2 aromatic rings. The number of aliphatic hydroxyl groups is 1. The van der Waals surface area contributed by atoms with Gasteiger partial charge in [-0.05, 0) is 47.3 Å². The summed E-state index contributed by atoms with van der Waals surface area (Å²) in [5.74, 6) is 0. The molecule has 108 valence electrons. The maximum atomic E-state index is 10.4. The van der Waals surface area contributed by atoms with E-state index in [0.29, 0.717) is 6.42 Å². The van der Waals surface area contributed by atoms with Crippen LogP contribution in [-0.4, -0.2) is 19.9 Å². The predicted molar refractivity (Wildman–Crippen MR) is 82.6 cm³/mol. The summed E-state index contributed by atoms with van der Waals surface area (Å²) in [5, 5.41) is 15.0. The molecule has 0 aliphatic rings. The number of hydrogen-bond acceptors (Lipinski definition) is 3. The number of halogens is 1. The van der Waals surface area contributed by atoms with Crippen LogP contribution in [0.25, 0.3) is 0 Å². The topological polar surface area (TPSA) is 50.9 Å². The quantitative estimate of drug-likeness (QED) is 0.911. The highest BCUT2D eigenvalue weighted by Gasteiger charge is 2.18. The van der Waals surface area contributed by atoms with Crippen molar-refractivity contribution in [3.05, 3.63) is 45.4 Å². The maximum absolute atomic E-state index is 10.4. The summed E-state index contributed by atoms with van der Waals surface area (Å²) in [6.45, 7) is 6.91. The van der Waals surface area contributed by atoms with Crippen LogP contribution in [0.2, 0.25) is 0 Å². The third-order valence-electron chi connectivity index (χ3n) is 3.36. The van der Waals surface area contributed by atoms with Gasteiger partial charge in [-0.2, -0.15) is 5.10 Å². The van der Waals surface area contributed by atoms with E-state index in [1.807, 2.05) is 17.7 Å². The van der Waals surface area contributed by atoms with E-state index in [-0.39, 0.29) is 0 Å². The first-order valence-corrected chi connectivity index (χ1v) is 7.69. The molecular weight excluding hydrogens is 318 g/mol. The first-order valence-electron chi connectivity index (χ1n) is 6.90. The maximum Gasteiger partial charge on any atom is 0.0860 e. The van der Waals surface area contributed by atoms with Crippen molar-refractivity contribution < 1.29 is 5.11 Å². The molecule has 1 atom stereocenters. The van der Waals surface area contributed by atoms with E-state index in [0.717, 1.165) is 40.0 Å². The van der Waals surface area contributed by atoms with Crippen molar-refractivity contribution in [2.75, 3.05) is 0 Å². The lowest BCUT2D eigenvalue weighted by Gasteiger charge is -2.12. The molecule has 0 spiro atoms. The zero-order valence-electron chi connectivity index (χ0n) is 12.1. The second-order valence-corrected chi connectivity index (χ2v) is 5.69. The first kappa shape index (κ1) is 15.2. The Kier molecular flexibility index (Phi) is 4.94. The third-order valence-corrected chi connectivity index (χ3v) is 4.28. The molecule has 5 heteroatoms. The monoisotopic (exact) mass is 337 g/mol. The Labute approximate surface area is 128 Å². The normalized spacial score (nSPS) is 12.7. The Morgan fingerprint density at radius 1 is 1.35 bits per heavy atom. The number of pyridine rings is 1. The summed E-state index contributed by atoms with van der Waals surface area (Å²) in [5.41, 5.74) is 3.98. The first-order chi connectivity index (χ1) is 9.56. The van der Waals surface area contributed by atoms with E-state index in [1.165, 1.54) is 0 Å². The van der Waals surface area contributed by atoms with Gasteiger partial charge in [0.15, 0.2) is 0 Å². The fourth-order valence-corrected chi connectivity index (χ4v) is 3.00. The molecule has 1 N–H and O–H groups in total. The minimum absolute atomic E-state index is 0.534. The summed E-state index contributed by atoms with van der Waals surface area (Å²) in [7, 11) is 0. The van der Waals surface area contributed by atoms with E-state index in [9.17, 15) is 5.11 Å². The fourth-order valence-electron chi connectivity index (χ4n) is 2.27. The molecule has 1 unspecified atom stereocenters. The molecule has 0 radical (unpaired) electrons. The number of aryl methyl sites for hydroxylation is 3. The molecule has 2 aromatic heterocycles. The molecule has 0 saturated heterocycles. The van der Waals surface area contributed by atoms with Crippen LogP contribution in [0.3, 0.4) is 0 Å². The summed E-state index contributed by atoms with van der Waals surface area (Å²) in [6, 6.07) is 1.97. The molecule has 0 bridgehead atoms. The number of hydrogen-bond donors (Lipinski definition) is 1. The van der Waals surface area contributed by atoms with Gasteiger partial charge in [0.2, 0.25) is 0 Å². The average molecular weight is 338 g/mol. The van der Waals surface area contributed by atoms with Crippen LogP contribution in [0.15, 0.2) is 22.9 Å². The minimum atomic E-state index is -0.564. The van der Waals surface area contributed by atoms with Crippen LogP contribution in [0.4, 0.5) is 0 Å².